The first-order valence-corrected chi connectivity index (χ1v) is 4.49. The molecular weight excluding hydrogens is 162 g/mol. The summed E-state index contributed by atoms with van der Waals surface area (Å²) in [6.45, 7) is 8.36. The van der Waals surface area contributed by atoms with Crippen LogP contribution in [0.15, 0.2) is 12.2 Å². The highest BCUT2D eigenvalue weighted by Gasteiger charge is 2.05. The van der Waals surface area contributed by atoms with Crippen molar-refractivity contribution in [2.45, 2.75) is 6.92 Å². The zero-order valence-electron chi connectivity index (χ0n) is 8.80. The standard InChI is InChI=1S/C10H19N3/c1-9(5-11)7-13(4)8-10(2)6-12-3/h9,12H,2,6-8H2,1,3-4H3. The van der Waals surface area contributed by atoms with Gasteiger partial charge in [-0.1, -0.05) is 6.58 Å². The molecule has 0 aromatic rings. The Kier molecular flexibility index (Phi) is 6.21. The lowest BCUT2D eigenvalue weighted by Crippen LogP contribution is -2.28. The van der Waals surface area contributed by atoms with Crippen LogP contribution in [-0.4, -0.2) is 38.6 Å². The van der Waals surface area contributed by atoms with Crippen LogP contribution in [0.4, 0.5) is 0 Å². The molecule has 0 aromatic carbocycles. The van der Waals surface area contributed by atoms with Crippen molar-refractivity contribution in [3.8, 4) is 6.07 Å². The average molecular weight is 181 g/mol. The van der Waals surface area contributed by atoms with Gasteiger partial charge in [-0.15, -0.1) is 0 Å². The highest BCUT2D eigenvalue weighted by molar-refractivity contribution is 4.99. The molecule has 0 bridgehead atoms. The fourth-order valence-electron chi connectivity index (χ4n) is 1.26. The van der Waals surface area contributed by atoms with E-state index in [2.05, 4.69) is 22.9 Å². The van der Waals surface area contributed by atoms with E-state index in [1.165, 1.54) is 0 Å². The first-order chi connectivity index (χ1) is 6.10. The first kappa shape index (κ1) is 12.2. The number of nitrogens with zero attached hydrogens (tertiary/aromatic N) is 2. The Morgan fingerprint density at radius 1 is 1.69 bits per heavy atom. The van der Waals surface area contributed by atoms with Gasteiger partial charge in [0.05, 0.1) is 12.0 Å². The summed E-state index contributed by atoms with van der Waals surface area (Å²) in [7, 11) is 3.91. The molecule has 3 nitrogen and oxygen atoms in total. The molecule has 0 radical (unpaired) electrons. The number of likely N-dealkylation sites (N-methyl/N-ethyl adjacent to an activating group) is 2. The van der Waals surface area contributed by atoms with Gasteiger partial charge in [-0.05, 0) is 26.6 Å². The van der Waals surface area contributed by atoms with Crippen molar-refractivity contribution in [1.82, 2.24) is 10.2 Å². The van der Waals surface area contributed by atoms with Crippen LogP contribution in [0.1, 0.15) is 6.92 Å². The Labute approximate surface area is 81.0 Å². The van der Waals surface area contributed by atoms with Crippen molar-refractivity contribution in [1.29, 1.82) is 5.26 Å². The SMILES string of the molecule is C=C(CNC)CN(C)CC(C)C#N. The van der Waals surface area contributed by atoms with E-state index in [1.807, 2.05) is 21.0 Å². The molecule has 0 spiro atoms. The number of hydrogen-bond acceptors (Lipinski definition) is 3. The van der Waals surface area contributed by atoms with Crippen LogP contribution < -0.4 is 5.32 Å². The number of rotatable bonds is 6. The largest absolute Gasteiger partial charge is 0.316 e. The van der Waals surface area contributed by atoms with Gasteiger partial charge in [0.15, 0.2) is 0 Å². The first-order valence-electron chi connectivity index (χ1n) is 4.49. The van der Waals surface area contributed by atoms with E-state index in [1.54, 1.807) is 0 Å². The maximum absolute atomic E-state index is 8.61. The molecular formula is C10H19N3. The van der Waals surface area contributed by atoms with Crippen LogP contribution in [0.3, 0.4) is 0 Å². The Hall–Kier alpha value is -0.850. The van der Waals surface area contributed by atoms with Crippen LogP contribution in [0, 0.1) is 17.2 Å². The smallest absolute Gasteiger partial charge is 0.0666 e. The molecule has 0 aliphatic carbocycles. The normalized spacial score (nSPS) is 12.5. The van der Waals surface area contributed by atoms with E-state index in [0.29, 0.717) is 0 Å². The van der Waals surface area contributed by atoms with Gasteiger partial charge in [-0.2, -0.15) is 5.26 Å². The second-order valence-corrected chi connectivity index (χ2v) is 3.51. The van der Waals surface area contributed by atoms with Gasteiger partial charge in [0.25, 0.3) is 0 Å². The second-order valence-electron chi connectivity index (χ2n) is 3.51. The molecule has 1 unspecified atom stereocenters. The minimum atomic E-state index is 0.0902. The highest BCUT2D eigenvalue weighted by atomic mass is 15.1. The molecule has 0 rings (SSSR count). The third kappa shape index (κ3) is 6.32. The molecule has 0 aliphatic rings. The van der Waals surface area contributed by atoms with Gasteiger partial charge in [-0.3, -0.25) is 0 Å². The van der Waals surface area contributed by atoms with E-state index >= 15 is 0 Å². The molecule has 13 heavy (non-hydrogen) atoms. The van der Waals surface area contributed by atoms with Crippen LogP contribution in [0.2, 0.25) is 0 Å². The van der Waals surface area contributed by atoms with Crippen LogP contribution in [-0.2, 0) is 0 Å². The predicted octanol–water partition coefficient (Wildman–Crippen LogP) is 0.853. The number of nitriles is 1. The van der Waals surface area contributed by atoms with Crippen molar-refractivity contribution in [2.75, 3.05) is 33.7 Å². The Bertz CT molecular complexity index is 193. The third-order valence-electron chi connectivity index (χ3n) is 1.73. The number of nitrogens with one attached hydrogen (secondary N) is 1. The molecule has 74 valence electrons. The van der Waals surface area contributed by atoms with Crippen molar-refractivity contribution < 1.29 is 0 Å². The summed E-state index contributed by atoms with van der Waals surface area (Å²) in [6.07, 6.45) is 0. The zero-order valence-corrected chi connectivity index (χ0v) is 8.80. The molecule has 1 atom stereocenters. The monoisotopic (exact) mass is 181 g/mol. The van der Waals surface area contributed by atoms with Gasteiger partial charge in [0.2, 0.25) is 0 Å². The summed E-state index contributed by atoms with van der Waals surface area (Å²) in [5.41, 5.74) is 1.15. The molecule has 0 fully saturated rings. The van der Waals surface area contributed by atoms with E-state index in [4.69, 9.17) is 5.26 Å². The van der Waals surface area contributed by atoms with E-state index < -0.39 is 0 Å². The molecule has 0 heterocycles. The van der Waals surface area contributed by atoms with E-state index in [9.17, 15) is 0 Å². The fraction of sp³-hybridized carbons (Fsp3) is 0.700. The van der Waals surface area contributed by atoms with Crippen LogP contribution in [0.25, 0.3) is 0 Å². The Balaban J connectivity index is 3.68. The van der Waals surface area contributed by atoms with Gasteiger partial charge in [0, 0.05) is 19.6 Å². The molecule has 0 aliphatic heterocycles. The van der Waals surface area contributed by atoms with Crippen molar-refractivity contribution in [3.05, 3.63) is 12.2 Å². The van der Waals surface area contributed by atoms with Gasteiger partial charge >= 0.3 is 0 Å². The molecule has 0 saturated heterocycles. The van der Waals surface area contributed by atoms with Crippen molar-refractivity contribution >= 4 is 0 Å². The topological polar surface area (TPSA) is 39.1 Å². The lowest BCUT2D eigenvalue weighted by molar-refractivity contribution is 0.333. The third-order valence-corrected chi connectivity index (χ3v) is 1.73. The van der Waals surface area contributed by atoms with E-state index in [-0.39, 0.29) is 5.92 Å². The molecule has 0 amide bonds. The van der Waals surface area contributed by atoms with Gasteiger partial charge in [-0.25, -0.2) is 0 Å². The zero-order chi connectivity index (χ0) is 10.3. The summed E-state index contributed by atoms with van der Waals surface area (Å²) in [6, 6.07) is 2.21. The summed E-state index contributed by atoms with van der Waals surface area (Å²) in [5.74, 6) is 0.0902. The fourth-order valence-corrected chi connectivity index (χ4v) is 1.26. The van der Waals surface area contributed by atoms with Gasteiger partial charge in [0.1, 0.15) is 0 Å². The van der Waals surface area contributed by atoms with Crippen molar-refractivity contribution in [2.24, 2.45) is 5.92 Å². The number of hydrogen-bond donors (Lipinski definition) is 1. The van der Waals surface area contributed by atoms with Crippen LogP contribution in [0.5, 0.6) is 0 Å². The Morgan fingerprint density at radius 2 is 2.31 bits per heavy atom. The maximum Gasteiger partial charge on any atom is 0.0666 e. The van der Waals surface area contributed by atoms with Crippen molar-refractivity contribution in [3.63, 3.8) is 0 Å². The lowest BCUT2D eigenvalue weighted by atomic mass is 10.2. The minimum Gasteiger partial charge on any atom is -0.316 e. The molecule has 1 N–H and O–H groups in total. The van der Waals surface area contributed by atoms with E-state index in [0.717, 1.165) is 25.2 Å². The molecule has 0 aromatic heterocycles. The predicted molar refractivity (Wildman–Crippen MR) is 55.3 cm³/mol. The maximum atomic E-state index is 8.61. The highest BCUT2D eigenvalue weighted by Crippen LogP contribution is 1.98. The Morgan fingerprint density at radius 3 is 2.77 bits per heavy atom. The lowest BCUT2D eigenvalue weighted by Gasteiger charge is -2.18. The van der Waals surface area contributed by atoms with Crippen LogP contribution >= 0.6 is 0 Å². The summed E-state index contributed by atoms with van der Waals surface area (Å²) < 4.78 is 0. The quantitative estimate of drug-likeness (QED) is 0.618. The minimum absolute atomic E-state index is 0.0902. The summed E-state index contributed by atoms with van der Waals surface area (Å²) in [4.78, 5) is 2.12. The van der Waals surface area contributed by atoms with Gasteiger partial charge < -0.3 is 10.2 Å². The average Bonchev–Trinajstić information content (AvgIpc) is 2.04. The molecule has 3 heteroatoms. The second kappa shape index (κ2) is 6.64. The summed E-state index contributed by atoms with van der Waals surface area (Å²) in [5, 5.41) is 11.7. The summed E-state index contributed by atoms with van der Waals surface area (Å²) >= 11 is 0. The molecule has 0 saturated carbocycles.